The van der Waals surface area contributed by atoms with Gasteiger partial charge in [0.1, 0.15) is 21.7 Å². The molecule has 1 N–H and O–H groups in total. The molecule has 0 fully saturated rings. The van der Waals surface area contributed by atoms with E-state index in [-0.39, 0.29) is 23.8 Å². The molecule has 3 rings (SSSR count). The normalized spacial score (nSPS) is 10.6. The van der Waals surface area contributed by atoms with Crippen LogP contribution >= 0.6 is 34.7 Å². The predicted octanol–water partition coefficient (Wildman–Crippen LogP) is 4.78. The molecule has 0 bridgehead atoms. The first-order chi connectivity index (χ1) is 16.3. The summed E-state index contributed by atoms with van der Waals surface area (Å²) in [5.74, 6) is 0.350. The van der Waals surface area contributed by atoms with Crippen LogP contribution in [0.5, 0.6) is 5.75 Å². The molecule has 0 saturated carbocycles. The van der Waals surface area contributed by atoms with Crippen LogP contribution in [0.1, 0.15) is 34.6 Å². The Morgan fingerprint density at radius 3 is 2.74 bits per heavy atom. The lowest BCUT2D eigenvalue weighted by atomic mass is 10.2. The Morgan fingerprint density at radius 2 is 2.09 bits per heavy atom. The Labute approximate surface area is 210 Å². The second kappa shape index (κ2) is 11.4. The van der Waals surface area contributed by atoms with Crippen LogP contribution in [0.15, 0.2) is 23.4 Å². The number of anilines is 1. The van der Waals surface area contributed by atoms with Gasteiger partial charge in [-0.15, -0.1) is 21.5 Å². The third-order valence-corrected chi connectivity index (χ3v) is 7.13. The number of carbonyl (C=O) groups is 2. The summed E-state index contributed by atoms with van der Waals surface area (Å²) in [4.78, 5) is 25.1. The van der Waals surface area contributed by atoms with E-state index < -0.39 is 5.97 Å². The zero-order valence-electron chi connectivity index (χ0n) is 19.0. The van der Waals surface area contributed by atoms with Crippen molar-refractivity contribution in [2.75, 3.05) is 24.8 Å². The molecular weight excluding hydrogens is 498 g/mol. The van der Waals surface area contributed by atoms with Crippen LogP contribution in [0.3, 0.4) is 0 Å². The number of halogens is 1. The van der Waals surface area contributed by atoms with Crippen molar-refractivity contribution in [3.63, 3.8) is 0 Å². The van der Waals surface area contributed by atoms with Gasteiger partial charge in [0.25, 0.3) is 0 Å². The fourth-order valence-electron chi connectivity index (χ4n) is 3.16. The first-order valence-corrected chi connectivity index (χ1v) is 12.4. The van der Waals surface area contributed by atoms with E-state index in [1.54, 1.807) is 39.2 Å². The quantitative estimate of drug-likeness (QED) is 0.317. The third-order valence-electron chi connectivity index (χ3n) is 4.74. The highest BCUT2D eigenvalue weighted by Crippen LogP contribution is 2.35. The van der Waals surface area contributed by atoms with Crippen molar-refractivity contribution < 1.29 is 19.1 Å². The van der Waals surface area contributed by atoms with E-state index in [2.05, 4.69) is 15.5 Å². The maximum absolute atomic E-state index is 12.6. The molecule has 1 amide bonds. The van der Waals surface area contributed by atoms with Crippen molar-refractivity contribution >= 4 is 51.6 Å². The van der Waals surface area contributed by atoms with E-state index in [9.17, 15) is 14.9 Å². The van der Waals surface area contributed by atoms with E-state index >= 15 is 0 Å². The standard InChI is InChI=1S/C22H22ClN5O4S2/c1-5-28-19(14-9-13(23)7-8-16(14)31-4)26-27-22(28)33-11-17(29)25-20-15(10-24)12(3)18(34-20)21(30)32-6-2/h7-9H,5-6,11H2,1-4H3,(H,25,29). The minimum absolute atomic E-state index is 0.0291. The second-order valence-corrected chi connectivity index (χ2v) is 9.22. The van der Waals surface area contributed by atoms with E-state index in [4.69, 9.17) is 21.1 Å². The summed E-state index contributed by atoms with van der Waals surface area (Å²) in [5.41, 5.74) is 1.43. The Morgan fingerprint density at radius 1 is 1.32 bits per heavy atom. The monoisotopic (exact) mass is 519 g/mol. The van der Waals surface area contributed by atoms with Gasteiger partial charge >= 0.3 is 5.97 Å². The van der Waals surface area contributed by atoms with Crippen molar-refractivity contribution in [2.24, 2.45) is 0 Å². The van der Waals surface area contributed by atoms with Crippen molar-refractivity contribution in [1.82, 2.24) is 14.8 Å². The summed E-state index contributed by atoms with van der Waals surface area (Å²) in [7, 11) is 1.56. The van der Waals surface area contributed by atoms with Crippen LogP contribution in [0, 0.1) is 18.3 Å². The molecule has 0 spiro atoms. The number of rotatable bonds is 9. The number of nitrogens with zero attached hydrogens (tertiary/aromatic N) is 4. The molecule has 1 aromatic carbocycles. The smallest absolute Gasteiger partial charge is 0.348 e. The number of aromatic nitrogens is 3. The first kappa shape index (κ1) is 25.6. The van der Waals surface area contributed by atoms with Gasteiger partial charge in [0.2, 0.25) is 5.91 Å². The maximum Gasteiger partial charge on any atom is 0.348 e. The molecule has 0 atom stereocenters. The highest BCUT2D eigenvalue weighted by atomic mass is 35.5. The molecule has 0 unspecified atom stereocenters. The molecule has 0 aliphatic rings. The Bertz CT molecular complexity index is 1260. The number of esters is 1. The number of amides is 1. The van der Waals surface area contributed by atoms with Gasteiger partial charge in [-0.05, 0) is 44.5 Å². The largest absolute Gasteiger partial charge is 0.496 e. The van der Waals surface area contributed by atoms with Crippen molar-refractivity contribution in [3.8, 4) is 23.2 Å². The Balaban J connectivity index is 1.77. The minimum Gasteiger partial charge on any atom is -0.496 e. The van der Waals surface area contributed by atoms with E-state index in [1.165, 1.54) is 11.8 Å². The lowest BCUT2D eigenvalue weighted by molar-refractivity contribution is -0.113. The third kappa shape index (κ3) is 5.35. The number of ether oxygens (including phenoxy) is 2. The Hall–Kier alpha value is -3.07. The first-order valence-electron chi connectivity index (χ1n) is 10.2. The summed E-state index contributed by atoms with van der Waals surface area (Å²) < 4.78 is 12.3. The van der Waals surface area contributed by atoms with Crippen LogP contribution in [0.25, 0.3) is 11.4 Å². The number of nitriles is 1. The molecule has 12 heteroatoms. The predicted molar refractivity (Wildman–Crippen MR) is 132 cm³/mol. The lowest BCUT2D eigenvalue weighted by Crippen LogP contribution is -2.14. The average molecular weight is 520 g/mol. The number of thioether (sulfide) groups is 1. The molecule has 2 aromatic heterocycles. The van der Waals surface area contributed by atoms with Crippen LogP contribution in [0.2, 0.25) is 5.02 Å². The molecule has 0 aliphatic carbocycles. The van der Waals surface area contributed by atoms with Crippen molar-refractivity contribution in [1.29, 1.82) is 5.26 Å². The van der Waals surface area contributed by atoms with Gasteiger partial charge in [-0.2, -0.15) is 5.26 Å². The lowest BCUT2D eigenvalue weighted by Gasteiger charge is -2.11. The van der Waals surface area contributed by atoms with E-state index in [0.29, 0.717) is 49.3 Å². The van der Waals surface area contributed by atoms with Gasteiger partial charge in [-0.3, -0.25) is 4.79 Å². The van der Waals surface area contributed by atoms with Gasteiger partial charge in [0.15, 0.2) is 11.0 Å². The summed E-state index contributed by atoms with van der Waals surface area (Å²) in [5, 5.41) is 22.1. The number of benzene rings is 1. The molecule has 0 radical (unpaired) electrons. The number of carbonyl (C=O) groups excluding carboxylic acids is 2. The highest BCUT2D eigenvalue weighted by Gasteiger charge is 2.23. The van der Waals surface area contributed by atoms with Crippen molar-refractivity contribution in [2.45, 2.75) is 32.5 Å². The van der Waals surface area contributed by atoms with Gasteiger partial charge in [0, 0.05) is 11.6 Å². The van der Waals surface area contributed by atoms with Gasteiger partial charge < -0.3 is 19.4 Å². The fraction of sp³-hybridized carbons (Fsp3) is 0.318. The SMILES string of the molecule is CCOC(=O)c1sc(NC(=O)CSc2nnc(-c3cc(Cl)ccc3OC)n2CC)c(C#N)c1C. The topological polar surface area (TPSA) is 119 Å². The van der Waals surface area contributed by atoms with Crippen molar-refractivity contribution in [3.05, 3.63) is 39.2 Å². The number of hydrogen-bond donors (Lipinski definition) is 1. The average Bonchev–Trinajstić information content (AvgIpc) is 3.37. The van der Waals surface area contributed by atoms with Gasteiger partial charge in [0.05, 0.1) is 30.6 Å². The van der Waals surface area contributed by atoms with Crippen LogP contribution in [-0.2, 0) is 16.1 Å². The fourth-order valence-corrected chi connectivity index (χ4v) is 5.20. The molecule has 0 saturated heterocycles. The summed E-state index contributed by atoms with van der Waals surface area (Å²) in [6.07, 6.45) is 0. The number of nitrogens with one attached hydrogen (secondary N) is 1. The van der Waals surface area contributed by atoms with Crippen LogP contribution in [-0.4, -0.2) is 46.1 Å². The van der Waals surface area contributed by atoms with Gasteiger partial charge in [-0.1, -0.05) is 23.4 Å². The number of methoxy groups -OCH3 is 1. The molecule has 9 nitrogen and oxygen atoms in total. The molecule has 34 heavy (non-hydrogen) atoms. The molecule has 0 aliphatic heterocycles. The molecule has 2 heterocycles. The minimum atomic E-state index is -0.517. The summed E-state index contributed by atoms with van der Waals surface area (Å²) in [6.45, 7) is 6.08. The van der Waals surface area contributed by atoms with Crippen LogP contribution < -0.4 is 10.1 Å². The number of hydrogen-bond acceptors (Lipinski definition) is 9. The molecule has 178 valence electrons. The maximum atomic E-state index is 12.6. The highest BCUT2D eigenvalue weighted by molar-refractivity contribution is 7.99. The Kier molecular flexibility index (Phi) is 8.55. The van der Waals surface area contributed by atoms with E-state index in [0.717, 1.165) is 11.3 Å². The van der Waals surface area contributed by atoms with Crippen LogP contribution in [0.4, 0.5) is 5.00 Å². The zero-order chi connectivity index (χ0) is 24.8. The van der Waals surface area contributed by atoms with Gasteiger partial charge in [-0.25, -0.2) is 4.79 Å². The number of thiophene rings is 1. The molecule has 3 aromatic rings. The molecular formula is C22H22ClN5O4S2. The zero-order valence-corrected chi connectivity index (χ0v) is 21.4. The second-order valence-electron chi connectivity index (χ2n) is 6.82. The summed E-state index contributed by atoms with van der Waals surface area (Å²) in [6, 6.07) is 7.28. The van der Waals surface area contributed by atoms with E-state index in [1.807, 2.05) is 17.6 Å². The summed E-state index contributed by atoms with van der Waals surface area (Å²) >= 11 is 8.39.